The molecule has 3 rings (SSSR count). The van der Waals surface area contributed by atoms with Crippen LogP contribution in [0.3, 0.4) is 0 Å². The molecule has 0 saturated heterocycles. The van der Waals surface area contributed by atoms with Gasteiger partial charge in [0.15, 0.2) is 0 Å². The second kappa shape index (κ2) is 6.83. The summed E-state index contributed by atoms with van der Waals surface area (Å²) in [6.07, 6.45) is 7.84. The van der Waals surface area contributed by atoms with E-state index in [0.29, 0.717) is 0 Å². The van der Waals surface area contributed by atoms with Crippen LogP contribution in [0.25, 0.3) is 5.69 Å². The summed E-state index contributed by atoms with van der Waals surface area (Å²) in [5, 5.41) is 8.76. The van der Waals surface area contributed by atoms with Crippen LogP contribution in [0.15, 0.2) is 47.8 Å². The molecule has 0 fully saturated rings. The third-order valence-corrected chi connectivity index (χ3v) is 3.96. The molecule has 0 bridgehead atoms. The first-order valence-electron chi connectivity index (χ1n) is 8.26. The molecule has 24 heavy (non-hydrogen) atoms. The van der Waals surface area contributed by atoms with Gasteiger partial charge in [0.05, 0.1) is 29.0 Å². The minimum Gasteiger partial charge on any atom is -0.275 e. The Balaban J connectivity index is 2.03. The molecular formula is C19H23N5. The summed E-state index contributed by atoms with van der Waals surface area (Å²) in [5.41, 5.74) is 6.31. The van der Waals surface area contributed by atoms with Crippen LogP contribution >= 0.6 is 0 Å². The number of aromatic nitrogens is 4. The minimum atomic E-state index is 0.927. The predicted octanol–water partition coefficient (Wildman–Crippen LogP) is 4.14. The molecule has 5 nitrogen and oxygen atoms in total. The SMILES string of the molecule is CCCC(=Nc1cc(-n2ccc(C)n2)ccc1C)c1cnn(C)c1. The van der Waals surface area contributed by atoms with Gasteiger partial charge in [-0.25, -0.2) is 4.68 Å². The Kier molecular flexibility index (Phi) is 4.60. The van der Waals surface area contributed by atoms with Gasteiger partial charge < -0.3 is 0 Å². The minimum absolute atomic E-state index is 0.927. The highest BCUT2D eigenvalue weighted by molar-refractivity contribution is 6.01. The van der Waals surface area contributed by atoms with E-state index in [1.807, 2.05) is 48.0 Å². The third-order valence-electron chi connectivity index (χ3n) is 3.96. The van der Waals surface area contributed by atoms with E-state index >= 15 is 0 Å². The fourth-order valence-corrected chi connectivity index (χ4v) is 2.64. The summed E-state index contributed by atoms with van der Waals surface area (Å²) in [7, 11) is 1.93. The van der Waals surface area contributed by atoms with Gasteiger partial charge in [0.2, 0.25) is 0 Å². The van der Waals surface area contributed by atoms with Crippen LogP contribution in [0.1, 0.15) is 36.6 Å². The maximum absolute atomic E-state index is 4.95. The summed E-state index contributed by atoms with van der Waals surface area (Å²) in [6, 6.07) is 8.26. The van der Waals surface area contributed by atoms with E-state index in [4.69, 9.17) is 4.99 Å². The molecule has 2 aromatic heterocycles. The van der Waals surface area contributed by atoms with Crippen LogP contribution in [0.4, 0.5) is 5.69 Å². The third kappa shape index (κ3) is 3.45. The highest BCUT2D eigenvalue weighted by Crippen LogP contribution is 2.24. The van der Waals surface area contributed by atoms with Gasteiger partial charge >= 0.3 is 0 Å². The van der Waals surface area contributed by atoms with E-state index < -0.39 is 0 Å². The standard InChI is InChI=1S/C19H23N5/c1-5-6-18(16-12-20-23(4)13-16)21-19-11-17(8-7-14(19)2)24-10-9-15(3)22-24/h7-13H,5-6H2,1-4H3. The highest BCUT2D eigenvalue weighted by Gasteiger charge is 2.08. The molecule has 5 heteroatoms. The lowest BCUT2D eigenvalue weighted by molar-refractivity contribution is 0.767. The molecule has 0 amide bonds. The maximum atomic E-state index is 4.95. The highest BCUT2D eigenvalue weighted by atomic mass is 15.3. The Morgan fingerprint density at radius 1 is 1.21 bits per heavy atom. The van der Waals surface area contributed by atoms with Crippen LogP contribution < -0.4 is 0 Å². The zero-order valence-electron chi connectivity index (χ0n) is 14.7. The van der Waals surface area contributed by atoms with Gasteiger partial charge in [0.25, 0.3) is 0 Å². The molecule has 0 aliphatic carbocycles. The summed E-state index contributed by atoms with van der Waals surface area (Å²) in [6.45, 7) is 6.25. The van der Waals surface area contributed by atoms with E-state index in [-0.39, 0.29) is 0 Å². The van der Waals surface area contributed by atoms with Crippen molar-refractivity contribution in [2.75, 3.05) is 0 Å². The molecule has 0 saturated carbocycles. The van der Waals surface area contributed by atoms with Gasteiger partial charge in [-0.1, -0.05) is 19.4 Å². The van der Waals surface area contributed by atoms with E-state index in [1.54, 1.807) is 0 Å². The monoisotopic (exact) mass is 321 g/mol. The fourth-order valence-electron chi connectivity index (χ4n) is 2.64. The van der Waals surface area contributed by atoms with Crippen LogP contribution in [-0.4, -0.2) is 25.3 Å². The molecular weight excluding hydrogens is 298 g/mol. The fraction of sp³-hybridized carbons (Fsp3) is 0.316. The van der Waals surface area contributed by atoms with Crippen molar-refractivity contribution >= 4 is 11.4 Å². The van der Waals surface area contributed by atoms with Crippen LogP contribution in [0.5, 0.6) is 0 Å². The van der Waals surface area contributed by atoms with E-state index in [2.05, 4.69) is 42.2 Å². The van der Waals surface area contributed by atoms with Crippen LogP contribution in [-0.2, 0) is 7.05 Å². The average Bonchev–Trinajstić information content (AvgIpc) is 3.17. The Morgan fingerprint density at radius 3 is 2.67 bits per heavy atom. The Labute approximate surface area is 142 Å². The van der Waals surface area contributed by atoms with Crippen molar-refractivity contribution in [3.63, 3.8) is 0 Å². The number of benzene rings is 1. The number of hydrogen-bond donors (Lipinski definition) is 0. The first kappa shape index (κ1) is 16.2. The number of hydrogen-bond acceptors (Lipinski definition) is 3. The van der Waals surface area contributed by atoms with E-state index in [9.17, 15) is 0 Å². The van der Waals surface area contributed by atoms with Gasteiger partial charge in [-0.3, -0.25) is 9.67 Å². The normalized spacial score (nSPS) is 11.9. The van der Waals surface area contributed by atoms with E-state index in [0.717, 1.165) is 46.7 Å². The van der Waals surface area contributed by atoms with Crippen LogP contribution in [0.2, 0.25) is 0 Å². The predicted molar refractivity (Wildman–Crippen MR) is 97.4 cm³/mol. The molecule has 0 radical (unpaired) electrons. The molecule has 0 atom stereocenters. The molecule has 0 aliphatic heterocycles. The topological polar surface area (TPSA) is 48.0 Å². The van der Waals surface area contributed by atoms with Gasteiger partial charge in [-0.15, -0.1) is 0 Å². The Bertz CT molecular complexity index is 870. The number of rotatable bonds is 5. The summed E-state index contributed by atoms with van der Waals surface area (Å²) >= 11 is 0. The lowest BCUT2D eigenvalue weighted by Gasteiger charge is -2.08. The van der Waals surface area contributed by atoms with E-state index in [1.165, 1.54) is 0 Å². The van der Waals surface area contributed by atoms with Gasteiger partial charge in [-0.05, 0) is 44.0 Å². The lowest BCUT2D eigenvalue weighted by Crippen LogP contribution is -2.00. The van der Waals surface area contributed by atoms with Crippen LogP contribution in [0, 0.1) is 13.8 Å². The molecule has 0 N–H and O–H groups in total. The number of aryl methyl sites for hydroxylation is 3. The van der Waals surface area contributed by atoms with Crippen molar-refractivity contribution in [2.45, 2.75) is 33.6 Å². The molecule has 2 heterocycles. The molecule has 0 spiro atoms. The molecule has 1 aromatic carbocycles. The zero-order valence-corrected chi connectivity index (χ0v) is 14.7. The zero-order chi connectivity index (χ0) is 17.1. The Hall–Kier alpha value is -2.69. The Morgan fingerprint density at radius 2 is 2.04 bits per heavy atom. The quantitative estimate of drug-likeness (QED) is 0.663. The van der Waals surface area contributed by atoms with Crippen molar-refractivity contribution < 1.29 is 0 Å². The molecule has 0 aliphatic rings. The molecule has 3 aromatic rings. The number of aliphatic imine (C=N–C) groups is 1. The van der Waals surface area contributed by atoms with Crippen molar-refractivity contribution in [1.82, 2.24) is 19.6 Å². The summed E-state index contributed by atoms with van der Waals surface area (Å²) < 4.78 is 3.70. The largest absolute Gasteiger partial charge is 0.275 e. The van der Waals surface area contributed by atoms with Gasteiger partial charge in [0, 0.05) is 25.0 Å². The van der Waals surface area contributed by atoms with Gasteiger partial charge in [0.1, 0.15) is 0 Å². The summed E-state index contributed by atoms with van der Waals surface area (Å²) in [5.74, 6) is 0. The van der Waals surface area contributed by atoms with Crippen molar-refractivity contribution in [2.24, 2.45) is 12.0 Å². The smallest absolute Gasteiger partial charge is 0.0683 e. The number of nitrogens with zero attached hydrogens (tertiary/aromatic N) is 5. The van der Waals surface area contributed by atoms with Crippen molar-refractivity contribution in [3.05, 3.63) is 59.7 Å². The molecule has 124 valence electrons. The van der Waals surface area contributed by atoms with Gasteiger partial charge in [-0.2, -0.15) is 10.2 Å². The maximum Gasteiger partial charge on any atom is 0.0683 e. The average molecular weight is 321 g/mol. The first-order valence-corrected chi connectivity index (χ1v) is 8.26. The lowest BCUT2D eigenvalue weighted by atomic mass is 10.1. The first-order chi connectivity index (χ1) is 11.6. The summed E-state index contributed by atoms with van der Waals surface area (Å²) in [4.78, 5) is 4.95. The second-order valence-electron chi connectivity index (χ2n) is 6.08. The molecule has 0 unspecified atom stereocenters. The van der Waals surface area contributed by atoms with Crippen molar-refractivity contribution in [3.8, 4) is 5.69 Å². The van der Waals surface area contributed by atoms with Crippen molar-refractivity contribution in [1.29, 1.82) is 0 Å². The second-order valence-corrected chi connectivity index (χ2v) is 6.08.